The molecule has 0 aromatic rings. The Morgan fingerprint density at radius 2 is 2.00 bits per heavy atom. The second-order valence-electron chi connectivity index (χ2n) is 4.94. The summed E-state index contributed by atoms with van der Waals surface area (Å²) in [4.78, 5) is 24.4. The van der Waals surface area contributed by atoms with Gasteiger partial charge in [-0.3, -0.25) is 9.59 Å². The van der Waals surface area contributed by atoms with Gasteiger partial charge in [0.2, 0.25) is 11.8 Å². The Kier molecular flexibility index (Phi) is 5.41. The predicted octanol–water partition coefficient (Wildman–Crippen LogP) is 0.0984. The highest BCUT2D eigenvalue weighted by Crippen LogP contribution is 2.17. The van der Waals surface area contributed by atoms with Crippen molar-refractivity contribution in [1.29, 1.82) is 0 Å². The minimum atomic E-state index is -0.0698. The van der Waals surface area contributed by atoms with Crippen molar-refractivity contribution in [3.05, 3.63) is 0 Å². The Morgan fingerprint density at radius 3 is 2.47 bits per heavy atom. The molecule has 0 spiro atoms. The number of nitrogens with zero attached hydrogens (tertiary/aromatic N) is 1. The van der Waals surface area contributed by atoms with Gasteiger partial charge in [-0.1, -0.05) is 0 Å². The summed E-state index contributed by atoms with van der Waals surface area (Å²) in [7, 11) is 0. The van der Waals surface area contributed by atoms with Crippen LogP contribution >= 0.6 is 0 Å². The molecule has 0 bridgehead atoms. The number of nitrogens with two attached hydrogens (primary N) is 1. The molecule has 0 aromatic heterocycles. The molecule has 0 aromatic carbocycles. The minimum Gasteiger partial charge on any atom is -0.356 e. The highest BCUT2D eigenvalue weighted by Gasteiger charge is 2.23. The summed E-state index contributed by atoms with van der Waals surface area (Å²) in [5.41, 5.74) is 5.61. The van der Waals surface area contributed by atoms with E-state index in [4.69, 9.17) is 5.73 Å². The maximum Gasteiger partial charge on any atom is 0.224 e. The Balaban J connectivity index is 2.25. The SMILES string of the molecule is CC(=O)NCC1CCN(C(=O)CC(C)N)CC1. The molecule has 0 aliphatic carbocycles. The smallest absolute Gasteiger partial charge is 0.224 e. The largest absolute Gasteiger partial charge is 0.356 e. The predicted molar refractivity (Wildman–Crippen MR) is 66.3 cm³/mol. The van der Waals surface area contributed by atoms with Crippen LogP contribution in [0.3, 0.4) is 0 Å². The molecule has 1 aliphatic rings. The number of carbonyl (C=O) groups excluding carboxylic acids is 2. The van der Waals surface area contributed by atoms with Gasteiger partial charge in [0.25, 0.3) is 0 Å². The molecule has 1 aliphatic heterocycles. The second kappa shape index (κ2) is 6.59. The van der Waals surface area contributed by atoms with Gasteiger partial charge in [0.15, 0.2) is 0 Å². The van der Waals surface area contributed by atoms with Crippen molar-refractivity contribution in [3.8, 4) is 0 Å². The Bertz CT molecular complexity index is 271. The first-order chi connectivity index (χ1) is 7.99. The van der Waals surface area contributed by atoms with Crippen LogP contribution in [0.5, 0.6) is 0 Å². The molecule has 1 unspecified atom stereocenters. The van der Waals surface area contributed by atoms with Crippen LogP contribution in [-0.4, -0.2) is 42.4 Å². The molecule has 1 saturated heterocycles. The molecule has 3 N–H and O–H groups in total. The lowest BCUT2D eigenvalue weighted by molar-refractivity contribution is -0.133. The number of likely N-dealkylation sites (tertiary alicyclic amines) is 1. The second-order valence-corrected chi connectivity index (χ2v) is 4.94. The Morgan fingerprint density at radius 1 is 1.41 bits per heavy atom. The fraction of sp³-hybridized carbons (Fsp3) is 0.833. The number of piperidine rings is 1. The van der Waals surface area contributed by atoms with Gasteiger partial charge in [0.05, 0.1) is 0 Å². The Labute approximate surface area is 103 Å². The van der Waals surface area contributed by atoms with E-state index < -0.39 is 0 Å². The highest BCUT2D eigenvalue weighted by molar-refractivity contribution is 5.76. The van der Waals surface area contributed by atoms with Gasteiger partial charge < -0.3 is 16.0 Å². The summed E-state index contributed by atoms with van der Waals surface area (Å²) in [5, 5.41) is 2.83. The first-order valence-electron chi connectivity index (χ1n) is 6.27. The quantitative estimate of drug-likeness (QED) is 0.733. The van der Waals surface area contributed by atoms with E-state index in [1.54, 1.807) is 0 Å². The van der Waals surface area contributed by atoms with E-state index >= 15 is 0 Å². The highest BCUT2D eigenvalue weighted by atomic mass is 16.2. The first-order valence-corrected chi connectivity index (χ1v) is 6.27. The van der Waals surface area contributed by atoms with Crippen molar-refractivity contribution in [3.63, 3.8) is 0 Å². The zero-order valence-corrected chi connectivity index (χ0v) is 10.7. The van der Waals surface area contributed by atoms with Crippen molar-refractivity contribution < 1.29 is 9.59 Å². The van der Waals surface area contributed by atoms with E-state index in [9.17, 15) is 9.59 Å². The van der Waals surface area contributed by atoms with Crippen LogP contribution in [0.15, 0.2) is 0 Å². The third-order valence-electron chi connectivity index (χ3n) is 3.10. The van der Waals surface area contributed by atoms with Gasteiger partial charge in [-0.25, -0.2) is 0 Å². The normalized spacial score (nSPS) is 18.9. The van der Waals surface area contributed by atoms with Gasteiger partial charge in [-0.05, 0) is 25.7 Å². The first kappa shape index (κ1) is 14.0. The molecule has 5 heteroatoms. The molecule has 98 valence electrons. The van der Waals surface area contributed by atoms with E-state index in [1.807, 2.05) is 11.8 Å². The molecule has 5 nitrogen and oxygen atoms in total. The third kappa shape index (κ3) is 5.17. The van der Waals surface area contributed by atoms with Gasteiger partial charge in [-0.2, -0.15) is 0 Å². The summed E-state index contributed by atoms with van der Waals surface area (Å²) < 4.78 is 0. The number of amides is 2. The van der Waals surface area contributed by atoms with E-state index in [2.05, 4.69) is 5.32 Å². The maximum atomic E-state index is 11.8. The molecule has 1 fully saturated rings. The summed E-state index contributed by atoms with van der Waals surface area (Å²) in [6.45, 7) is 5.68. The fourth-order valence-corrected chi connectivity index (χ4v) is 2.08. The van der Waals surface area contributed by atoms with Crippen LogP contribution in [0.1, 0.15) is 33.1 Å². The molecule has 1 atom stereocenters. The zero-order chi connectivity index (χ0) is 12.8. The summed E-state index contributed by atoms with van der Waals surface area (Å²) in [6.07, 6.45) is 2.35. The van der Waals surface area contributed by atoms with Gasteiger partial charge >= 0.3 is 0 Å². The molecular formula is C12H23N3O2. The topological polar surface area (TPSA) is 75.4 Å². The fourth-order valence-electron chi connectivity index (χ4n) is 2.08. The molecule has 17 heavy (non-hydrogen) atoms. The zero-order valence-electron chi connectivity index (χ0n) is 10.7. The van der Waals surface area contributed by atoms with Crippen LogP contribution in [0.25, 0.3) is 0 Å². The molecule has 1 rings (SSSR count). The van der Waals surface area contributed by atoms with Crippen molar-refractivity contribution in [2.75, 3.05) is 19.6 Å². The van der Waals surface area contributed by atoms with Crippen LogP contribution in [0.2, 0.25) is 0 Å². The standard InChI is InChI=1S/C12H23N3O2/c1-9(13)7-12(17)15-5-3-11(4-6-15)8-14-10(2)16/h9,11H,3-8,13H2,1-2H3,(H,14,16). The summed E-state index contributed by atoms with van der Waals surface area (Å²) in [6, 6.07) is -0.0698. The van der Waals surface area contributed by atoms with Crippen molar-refractivity contribution in [2.45, 2.75) is 39.2 Å². The molecule has 1 heterocycles. The average Bonchev–Trinajstić information content (AvgIpc) is 2.26. The third-order valence-corrected chi connectivity index (χ3v) is 3.10. The molecule has 0 radical (unpaired) electrons. The van der Waals surface area contributed by atoms with Crippen LogP contribution in [0, 0.1) is 5.92 Å². The van der Waals surface area contributed by atoms with Crippen molar-refractivity contribution in [1.82, 2.24) is 10.2 Å². The number of carbonyl (C=O) groups is 2. The van der Waals surface area contributed by atoms with Gasteiger partial charge in [0, 0.05) is 39.0 Å². The van der Waals surface area contributed by atoms with Crippen LogP contribution in [0.4, 0.5) is 0 Å². The van der Waals surface area contributed by atoms with Gasteiger partial charge in [0.1, 0.15) is 0 Å². The van der Waals surface area contributed by atoms with E-state index in [0.717, 1.165) is 32.5 Å². The summed E-state index contributed by atoms with van der Waals surface area (Å²) >= 11 is 0. The van der Waals surface area contributed by atoms with Crippen LogP contribution in [-0.2, 0) is 9.59 Å². The van der Waals surface area contributed by atoms with E-state index in [0.29, 0.717) is 12.3 Å². The van der Waals surface area contributed by atoms with E-state index in [-0.39, 0.29) is 17.9 Å². The maximum absolute atomic E-state index is 11.8. The minimum absolute atomic E-state index is 0.0143. The van der Waals surface area contributed by atoms with E-state index in [1.165, 1.54) is 6.92 Å². The van der Waals surface area contributed by atoms with Crippen molar-refractivity contribution in [2.24, 2.45) is 11.7 Å². The van der Waals surface area contributed by atoms with Crippen molar-refractivity contribution >= 4 is 11.8 Å². The number of hydrogen-bond acceptors (Lipinski definition) is 3. The summed E-state index contributed by atoms with van der Waals surface area (Å²) in [5.74, 6) is 0.664. The molecular weight excluding hydrogens is 218 g/mol. The monoisotopic (exact) mass is 241 g/mol. The lowest BCUT2D eigenvalue weighted by atomic mass is 9.96. The number of rotatable bonds is 4. The Hall–Kier alpha value is -1.10. The molecule has 2 amide bonds. The number of nitrogens with one attached hydrogen (secondary N) is 1. The van der Waals surface area contributed by atoms with Crippen LogP contribution < -0.4 is 11.1 Å². The lowest BCUT2D eigenvalue weighted by Crippen LogP contribution is -2.42. The van der Waals surface area contributed by atoms with Gasteiger partial charge in [-0.15, -0.1) is 0 Å². The lowest BCUT2D eigenvalue weighted by Gasteiger charge is -2.32. The molecule has 0 saturated carbocycles. The number of hydrogen-bond donors (Lipinski definition) is 2. The average molecular weight is 241 g/mol.